The maximum atomic E-state index is 13.0. The van der Waals surface area contributed by atoms with Crippen molar-refractivity contribution in [2.75, 3.05) is 6.54 Å². The first-order chi connectivity index (χ1) is 13.5. The second-order valence-electron chi connectivity index (χ2n) is 7.63. The average molecular weight is 379 g/mol. The highest BCUT2D eigenvalue weighted by atomic mass is 16.3. The van der Waals surface area contributed by atoms with Crippen LogP contribution in [0.25, 0.3) is 22.3 Å². The van der Waals surface area contributed by atoms with Crippen molar-refractivity contribution in [1.29, 1.82) is 0 Å². The SMILES string of the molecule is Cc1n[nH]c2nc(-c3ccc(O)cc3)cc(C(=O)NC[C@H]3CC[C@H](N)CC3)c12. The van der Waals surface area contributed by atoms with Crippen LogP contribution in [0.3, 0.4) is 0 Å². The molecule has 1 amide bonds. The number of aromatic amines is 1. The Morgan fingerprint density at radius 2 is 1.96 bits per heavy atom. The van der Waals surface area contributed by atoms with E-state index < -0.39 is 0 Å². The summed E-state index contributed by atoms with van der Waals surface area (Å²) in [7, 11) is 0. The first-order valence-corrected chi connectivity index (χ1v) is 9.70. The smallest absolute Gasteiger partial charge is 0.252 e. The summed E-state index contributed by atoms with van der Waals surface area (Å²) in [5, 5.41) is 20.5. The number of nitrogens with zero attached hydrogens (tertiary/aromatic N) is 2. The van der Waals surface area contributed by atoms with Gasteiger partial charge in [-0.15, -0.1) is 0 Å². The van der Waals surface area contributed by atoms with E-state index in [1.165, 1.54) is 0 Å². The predicted molar refractivity (Wildman–Crippen MR) is 108 cm³/mol. The van der Waals surface area contributed by atoms with E-state index >= 15 is 0 Å². The van der Waals surface area contributed by atoms with Crippen LogP contribution >= 0.6 is 0 Å². The van der Waals surface area contributed by atoms with Crippen molar-refractivity contribution in [2.45, 2.75) is 38.6 Å². The van der Waals surface area contributed by atoms with Gasteiger partial charge >= 0.3 is 0 Å². The minimum atomic E-state index is -0.119. The van der Waals surface area contributed by atoms with Crippen molar-refractivity contribution in [2.24, 2.45) is 11.7 Å². The van der Waals surface area contributed by atoms with E-state index in [1.807, 2.05) is 6.92 Å². The fraction of sp³-hybridized carbons (Fsp3) is 0.381. The van der Waals surface area contributed by atoms with Crippen LogP contribution in [0.4, 0.5) is 0 Å². The summed E-state index contributed by atoms with van der Waals surface area (Å²) >= 11 is 0. The molecule has 28 heavy (non-hydrogen) atoms. The predicted octanol–water partition coefficient (Wildman–Crippen LogP) is 2.89. The molecule has 7 heteroatoms. The Kier molecular flexibility index (Phi) is 5.00. The van der Waals surface area contributed by atoms with Gasteiger partial charge in [0.05, 0.1) is 22.3 Å². The molecule has 0 spiro atoms. The zero-order valence-electron chi connectivity index (χ0n) is 15.9. The van der Waals surface area contributed by atoms with Gasteiger partial charge in [0.2, 0.25) is 0 Å². The van der Waals surface area contributed by atoms with Gasteiger partial charge in [0.25, 0.3) is 5.91 Å². The molecular weight excluding hydrogens is 354 g/mol. The molecule has 1 saturated carbocycles. The lowest BCUT2D eigenvalue weighted by Crippen LogP contribution is -2.34. The molecule has 0 bridgehead atoms. The third-order valence-electron chi connectivity index (χ3n) is 5.56. The number of rotatable bonds is 4. The number of carbonyl (C=O) groups excluding carboxylic acids is 1. The Bertz CT molecular complexity index is 988. The maximum absolute atomic E-state index is 13.0. The second kappa shape index (κ2) is 7.59. The molecule has 2 aromatic heterocycles. The minimum absolute atomic E-state index is 0.119. The zero-order valence-corrected chi connectivity index (χ0v) is 15.9. The number of H-pyrrole nitrogens is 1. The number of nitrogens with two attached hydrogens (primary N) is 1. The minimum Gasteiger partial charge on any atom is -0.508 e. The van der Waals surface area contributed by atoms with Crippen LogP contribution in [0.15, 0.2) is 30.3 Å². The third-order valence-corrected chi connectivity index (χ3v) is 5.56. The first-order valence-electron chi connectivity index (χ1n) is 9.70. The number of nitrogens with one attached hydrogen (secondary N) is 2. The lowest BCUT2D eigenvalue weighted by molar-refractivity contribution is 0.0944. The van der Waals surface area contributed by atoms with E-state index in [2.05, 4.69) is 20.5 Å². The van der Waals surface area contributed by atoms with Gasteiger partial charge < -0.3 is 16.2 Å². The second-order valence-corrected chi connectivity index (χ2v) is 7.63. The highest BCUT2D eigenvalue weighted by molar-refractivity contribution is 6.07. The van der Waals surface area contributed by atoms with Gasteiger partial charge in [0.15, 0.2) is 5.65 Å². The largest absolute Gasteiger partial charge is 0.508 e. The Morgan fingerprint density at radius 1 is 1.25 bits per heavy atom. The zero-order chi connectivity index (χ0) is 19.7. The summed E-state index contributed by atoms with van der Waals surface area (Å²) in [6.07, 6.45) is 4.14. The number of hydrogen-bond donors (Lipinski definition) is 4. The molecule has 1 fully saturated rings. The molecular formula is C21H25N5O2. The van der Waals surface area contributed by atoms with Crippen LogP contribution in [-0.4, -0.2) is 38.8 Å². The molecule has 0 unspecified atom stereocenters. The number of aromatic nitrogens is 3. The van der Waals surface area contributed by atoms with Gasteiger partial charge in [0.1, 0.15) is 5.75 Å². The van der Waals surface area contributed by atoms with Crippen molar-refractivity contribution in [3.8, 4) is 17.0 Å². The summed E-state index contributed by atoms with van der Waals surface area (Å²) in [6, 6.07) is 8.86. The van der Waals surface area contributed by atoms with Crippen LogP contribution in [-0.2, 0) is 0 Å². The lowest BCUT2D eigenvalue weighted by Gasteiger charge is -2.26. The van der Waals surface area contributed by atoms with Crippen molar-refractivity contribution < 1.29 is 9.90 Å². The number of phenols is 1. The topological polar surface area (TPSA) is 117 Å². The highest BCUT2D eigenvalue weighted by Crippen LogP contribution is 2.27. The average Bonchev–Trinajstić information content (AvgIpc) is 3.08. The monoisotopic (exact) mass is 379 g/mol. The molecule has 3 aromatic rings. The molecule has 2 heterocycles. The van der Waals surface area contributed by atoms with Crippen LogP contribution in [0.5, 0.6) is 5.75 Å². The Labute approximate surface area is 163 Å². The van der Waals surface area contributed by atoms with Crippen molar-refractivity contribution in [3.63, 3.8) is 0 Å². The number of hydrogen-bond acceptors (Lipinski definition) is 5. The number of fused-ring (bicyclic) bond motifs is 1. The van der Waals surface area contributed by atoms with Crippen LogP contribution < -0.4 is 11.1 Å². The van der Waals surface area contributed by atoms with E-state index in [0.717, 1.165) is 42.3 Å². The Morgan fingerprint density at radius 3 is 2.68 bits per heavy atom. The van der Waals surface area contributed by atoms with Gasteiger partial charge in [-0.25, -0.2) is 4.98 Å². The molecule has 1 aliphatic rings. The van der Waals surface area contributed by atoms with Crippen LogP contribution in [0.2, 0.25) is 0 Å². The Hall–Kier alpha value is -2.93. The summed E-state index contributed by atoms with van der Waals surface area (Å²) in [5.74, 6) is 0.544. The Balaban J connectivity index is 1.62. The summed E-state index contributed by atoms with van der Waals surface area (Å²) < 4.78 is 0. The van der Waals surface area contributed by atoms with Gasteiger partial charge in [-0.2, -0.15) is 5.10 Å². The normalized spacial score (nSPS) is 19.6. The molecule has 0 aliphatic heterocycles. The number of benzene rings is 1. The number of aromatic hydroxyl groups is 1. The van der Waals surface area contributed by atoms with Crippen LogP contribution in [0, 0.1) is 12.8 Å². The molecule has 0 saturated heterocycles. The van der Waals surface area contributed by atoms with E-state index in [1.54, 1.807) is 30.3 Å². The van der Waals surface area contributed by atoms with Gasteiger partial charge in [-0.05, 0) is 68.9 Å². The van der Waals surface area contributed by atoms with Crippen LogP contribution in [0.1, 0.15) is 41.7 Å². The molecule has 1 aromatic carbocycles. The van der Waals surface area contributed by atoms with Gasteiger partial charge in [0, 0.05) is 18.2 Å². The number of carbonyl (C=O) groups is 1. The van der Waals surface area contributed by atoms with E-state index in [0.29, 0.717) is 35.4 Å². The van der Waals surface area contributed by atoms with Gasteiger partial charge in [-0.3, -0.25) is 9.89 Å². The summed E-state index contributed by atoms with van der Waals surface area (Å²) in [4.78, 5) is 17.6. The van der Waals surface area contributed by atoms with E-state index in [9.17, 15) is 9.90 Å². The number of phenolic OH excluding ortho intramolecular Hbond substituents is 1. The number of aryl methyl sites for hydroxylation is 1. The fourth-order valence-electron chi connectivity index (χ4n) is 3.87. The molecule has 7 nitrogen and oxygen atoms in total. The number of pyridine rings is 1. The molecule has 1 aliphatic carbocycles. The molecule has 4 rings (SSSR count). The molecule has 5 N–H and O–H groups in total. The van der Waals surface area contributed by atoms with E-state index in [4.69, 9.17) is 5.73 Å². The fourth-order valence-corrected chi connectivity index (χ4v) is 3.87. The van der Waals surface area contributed by atoms with Crippen molar-refractivity contribution >= 4 is 16.9 Å². The van der Waals surface area contributed by atoms with Crippen molar-refractivity contribution in [1.82, 2.24) is 20.5 Å². The summed E-state index contributed by atoms with van der Waals surface area (Å²) in [6.45, 7) is 2.51. The maximum Gasteiger partial charge on any atom is 0.252 e. The molecule has 146 valence electrons. The van der Waals surface area contributed by atoms with E-state index in [-0.39, 0.29) is 11.7 Å². The molecule has 0 atom stereocenters. The summed E-state index contributed by atoms with van der Waals surface area (Å²) in [5.41, 5.74) is 9.34. The highest BCUT2D eigenvalue weighted by Gasteiger charge is 2.21. The van der Waals surface area contributed by atoms with Crippen molar-refractivity contribution in [3.05, 3.63) is 41.6 Å². The lowest BCUT2D eigenvalue weighted by atomic mass is 9.86. The first kappa shape index (κ1) is 18.4. The third kappa shape index (κ3) is 3.71. The molecule has 0 radical (unpaired) electrons. The standard InChI is InChI=1S/C21H25N5O2/c1-12-19-17(21(28)23-11-13-2-6-15(22)7-3-13)10-18(24-20(19)26-25-12)14-4-8-16(27)9-5-14/h4-5,8-10,13,15,27H,2-3,6-7,11,22H2,1H3,(H,23,28)(H,24,25,26)/t13-,15-. The number of amides is 1. The quantitative estimate of drug-likeness (QED) is 0.556. The van der Waals surface area contributed by atoms with Gasteiger partial charge in [-0.1, -0.05) is 0 Å².